The molecule has 0 amide bonds. The number of hydrogen-bond acceptors (Lipinski definition) is 3. The van der Waals surface area contributed by atoms with Gasteiger partial charge in [-0.25, -0.2) is 0 Å². The Hall–Kier alpha value is -1.61. The maximum atomic E-state index is 11.7. The third-order valence-electron chi connectivity index (χ3n) is 5.15. The third-order valence-corrected chi connectivity index (χ3v) is 5.15. The minimum atomic E-state index is -0.0448. The van der Waals surface area contributed by atoms with E-state index in [2.05, 4.69) is 43.1 Å². The topological polar surface area (TPSA) is 29.5 Å². The van der Waals surface area contributed by atoms with Gasteiger partial charge in [0.25, 0.3) is 0 Å². The van der Waals surface area contributed by atoms with Crippen LogP contribution in [0.4, 0.5) is 0 Å². The Morgan fingerprint density at radius 2 is 2.17 bits per heavy atom. The molecule has 1 spiro atoms. The minimum Gasteiger partial charge on any atom is -0.493 e. The fourth-order valence-electron chi connectivity index (χ4n) is 3.79. The zero-order valence-electron chi connectivity index (χ0n) is 14.3. The number of allylic oxidation sites excluding steroid dienone is 2. The standard InChI is InChI=1S/C20H27NO2/c1-3-4-14-23-18-7-5-6-16-15-21(2)13-12-20(19(16)18)10-8-17(22)9-11-20/h5-8,10H,3-4,9,11-15H2,1-2H3/t20-/m0/s1. The van der Waals surface area contributed by atoms with Crippen LogP contribution in [-0.2, 0) is 16.8 Å². The lowest BCUT2D eigenvalue weighted by Gasteiger charge is -2.35. The van der Waals surface area contributed by atoms with Gasteiger partial charge in [-0.2, -0.15) is 0 Å². The molecule has 0 N–H and O–H groups in total. The predicted octanol–water partition coefficient (Wildman–Crippen LogP) is 3.86. The summed E-state index contributed by atoms with van der Waals surface area (Å²) in [7, 11) is 2.17. The van der Waals surface area contributed by atoms with Crippen molar-refractivity contribution < 1.29 is 9.53 Å². The van der Waals surface area contributed by atoms with Crippen LogP contribution in [0.1, 0.15) is 50.2 Å². The van der Waals surface area contributed by atoms with Gasteiger partial charge < -0.3 is 9.64 Å². The first-order chi connectivity index (χ1) is 11.1. The summed E-state index contributed by atoms with van der Waals surface area (Å²) in [6, 6.07) is 6.42. The molecule has 3 rings (SSSR count). The number of ether oxygens (including phenoxy) is 1. The Morgan fingerprint density at radius 1 is 1.30 bits per heavy atom. The lowest BCUT2D eigenvalue weighted by Crippen LogP contribution is -2.30. The fourth-order valence-corrected chi connectivity index (χ4v) is 3.79. The van der Waals surface area contributed by atoms with Crippen molar-refractivity contribution in [2.45, 2.75) is 51.0 Å². The molecule has 0 saturated heterocycles. The molecule has 1 atom stereocenters. The van der Waals surface area contributed by atoms with Crippen LogP contribution in [0.25, 0.3) is 0 Å². The van der Waals surface area contributed by atoms with E-state index in [1.807, 2.05) is 0 Å². The first-order valence-corrected chi connectivity index (χ1v) is 8.80. The molecule has 0 bridgehead atoms. The van der Waals surface area contributed by atoms with Crippen molar-refractivity contribution in [2.24, 2.45) is 0 Å². The Labute approximate surface area is 139 Å². The van der Waals surface area contributed by atoms with Crippen LogP contribution in [0.3, 0.4) is 0 Å². The van der Waals surface area contributed by atoms with Gasteiger partial charge in [-0.05, 0) is 50.6 Å². The number of unbranched alkanes of at least 4 members (excludes halogenated alkanes) is 1. The molecular formula is C20H27NO2. The van der Waals surface area contributed by atoms with Crippen molar-refractivity contribution in [2.75, 3.05) is 20.2 Å². The van der Waals surface area contributed by atoms with Crippen LogP contribution in [0.2, 0.25) is 0 Å². The molecule has 0 fully saturated rings. The highest BCUT2D eigenvalue weighted by molar-refractivity contribution is 5.91. The predicted molar refractivity (Wildman–Crippen MR) is 92.9 cm³/mol. The van der Waals surface area contributed by atoms with Gasteiger partial charge >= 0.3 is 0 Å². The van der Waals surface area contributed by atoms with Crippen LogP contribution in [0, 0.1) is 0 Å². The van der Waals surface area contributed by atoms with Crippen LogP contribution >= 0.6 is 0 Å². The van der Waals surface area contributed by atoms with E-state index in [1.165, 1.54) is 11.1 Å². The summed E-state index contributed by atoms with van der Waals surface area (Å²) in [5.74, 6) is 1.27. The van der Waals surface area contributed by atoms with E-state index in [4.69, 9.17) is 4.74 Å². The number of benzene rings is 1. The van der Waals surface area contributed by atoms with Crippen molar-refractivity contribution in [3.05, 3.63) is 41.5 Å². The average Bonchev–Trinajstić information content (AvgIpc) is 2.68. The summed E-state index contributed by atoms with van der Waals surface area (Å²) in [5, 5.41) is 0. The molecule has 3 heteroatoms. The lowest BCUT2D eigenvalue weighted by atomic mass is 9.69. The van der Waals surface area contributed by atoms with E-state index < -0.39 is 0 Å². The molecule has 1 heterocycles. The number of hydrogen-bond donors (Lipinski definition) is 0. The molecule has 23 heavy (non-hydrogen) atoms. The zero-order valence-corrected chi connectivity index (χ0v) is 14.3. The second-order valence-corrected chi connectivity index (χ2v) is 6.94. The largest absolute Gasteiger partial charge is 0.493 e. The molecule has 0 saturated carbocycles. The summed E-state index contributed by atoms with van der Waals surface area (Å²) in [6.07, 6.45) is 8.75. The number of ketones is 1. The van der Waals surface area contributed by atoms with Crippen molar-refractivity contribution in [3.63, 3.8) is 0 Å². The average molecular weight is 313 g/mol. The number of carbonyl (C=O) groups excluding carboxylic acids is 1. The summed E-state index contributed by atoms with van der Waals surface area (Å²) < 4.78 is 6.15. The first-order valence-electron chi connectivity index (χ1n) is 8.80. The number of carbonyl (C=O) groups is 1. The highest BCUT2D eigenvalue weighted by Gasteiger charge is 2.38. The van der Waals surface area contributed by atoms with Gasteiger partial charge in [0, 0.05) is 23.9 Å². The highest BCUT2D eigenvalue weighted by Crippen LogP contribution is 2.45. The number of nitrogens with zero attached hydrogens (tertiary/aromatic N) is 1. The Balaban J connectivity index is 2.04. The smallest absolute Gasteiger partial charge is 0.155 e. The van der Waals surface area contributed by atoms with Gasteiger partial charge in [-0.15, -0.1) is 0 Å². The molecule has 1 aromatic rings. The minimum absolute atomic E-state index is 0.0448. The Bertz CT molecular complexity index is 608. The van der Waals surface area contributed by atoms with Crippen LogP contribution in [0.15, 0.2) is 30.4 Å². The van der Waals surface area contributed by atoms with E-state index in [0.29, 0.717) is 6.42 Å². The molecule has 0 radical (unpaired) electrons. The Morgan fingerprint density at radius 3 is 2.91 bits per heavy atom. The molecule has 0 unspecified atom stereocenters. The van der Waals surface area contributed by atoms with E-state index in [-0.39, 0.29) is 11.2 Å². The maximum Gasteiger partial charge on any atom is 0.155 e. The van der Waals surface area contributed by atoms with E-state index in [9.17, 15) is 4.79 Å². The molecule has 2 aliphatic rings. The molecule has 3 nitrogen and oxygen atoms in total. The van der Waals surface area contributed by atoms with Crippen molar-refractivity contribution >= 4 is 5.78 Å². The summed E-state index contributed by atoms with van der Waals surface area (Å²) in [4.78, 5) is 14.1. The van der Waals surface area contributed by atoms with E-state index in [0.717, 1.165) is 51.1 Å². The van der Waals surface area contributed by atoms with Crippen LogP contribution in [-0.4, -0.2) is 30.9 Å². The second-order valence-electron chi connectivity index (χ2n) is 6.94. The normalized spacial score (nSPS) is 24.5. The Kier molecular flexibility index (Phi) is 4.86. The van der Waals surface area contributed by atoms with E-state index >= 15 is 0 Å². The van der Waals surface area contributed by atoms with Crippen LogP contribution in [0.5, 0.6) is 5.75 Å². The van der Waals surface area contributed by atoms with Gasteiger partial charge in [0.15, 0.2) is 5.78 Å². The van der Waals surface area contributed by atoms with Crippen LogP contribution < -0.4 is 4.74 Å². The van der Waals surface area contributed by atoms with Crippen molar-refractivity contribution in [1.29, 1.82) is 0 Å². The van der Waals surface area contributed by atoms with Gasteiger partial charge in [0.1, 0.15) is 5.75 Å². The fraction of sp³-hybridized carbons (Fsp3) is 0.550. The maximum absolute atomic E-state index is 11.7. The van der Waals surface area contributed by atoms with Gasteiger partial charge in [-0.3, -0.25) is 4.79 Å². The first kappa shape index (κ1) is 16.3. The molecule has 1 aromatic carbocycles. The zero-order chi connectivity index (χ0) is 16.3. The quantitative estimate of drug-likeness (QED) is 0.791. The van der Waals surface area contributed by atoms with Gasteiger partial charge in [-0.1, -0.05) is 31.6 Å². The SMILES string of the molecule is CCCCOc1cccc2c1[C@]1(C=CC(=O)CC1)CCN(C)C2. The summed E-state index contributed by atoms with van der Waals surface area (Å²) >= 11 is 0. The summed E-state index contributed by atoms with van der Waals surface area (Å²) in [5.41, 5.74) is 2.62. The van der Waals surface area contributed by atoms with Gasteiger partial charge in [0.05, 0.1) is 6.61 Å². The molecule has 0 aromatic heterocycles. The summed E-state index contributed by atoms with van der Waals surface area (Å²) in [6.45, 7) is 4.94. The highest BCUT2D eigenvalue weighted by atomic mass is 16.5. The lowest BCUT2D eigenvalue weighted by molar-refractivity contribution is -0.115. The molecule has 1 aliphatic heterocycles. The van der Waals surface area contributed by atoms with Gasteiger partial charge in [0.2, 0.25) is 0 Å². The van der Waals surface area contributed by atoms with Crippen molar-refractivity contribution in [1.82, 2.24) is 4.90 Å². The molecular weight excluding hydrogens is 286 g/mol. The van der Waals surface area contributed by atoms with Crippen molar-refractivity contribution in [3.8, 4) is 5.75 Å². The third kappa shape index (κ3) is 3.35. The second kappa shape index (κ2) is 6.88. The number of fused-ring (bicyclic) bond motifs is 2. The molecule has 124 valence electrons. The number of rotatable bonds is 4. The monoisotopic (exact) mass is 313 g/mol. The van der Waals surface area contributed by atoms with E-state index in [1.54, 1.807) is 6.08 Å². The molecule has 1 aliphatic carbocycles.